The van der Waals surface area contributed by atoms with E-state index in [-0.39, 0.29) is 5.91 Å². The molecular formula is C27H33F3N4O3. The third kappa shape index (κ3) is 5.67. The molecule has 0 N–H and O–H groups in total. The number of pyridine rings is 1. The van der Waals surface area contributed by atoms with Gasteiger partial charge in [0.15, 0.2) is 0 Å². The van der Waals surface area contributed by atoms with Gasteiger partial charge in [-0.2, -0.15) is 13.2 Å². The number of halogens is 3. The summed E-state index contributed by atoms with van der Waals surface area (Å²) < 4.78 is 46.3. The van der Waals surface area contributed by atoms with Gasteiger partial charge in [-0.05, 0) is 37.5 Å². The number of piperazine rings is 1. The molecule has 0 bridgehead atoms. The Bertz CT molecular complexity index is 1100. The molecule has 37 heavy (non-hydrogen) atoms. The van der Waals surface area contributed by atoms with Crippen LogP contribution in [0.25, 0.3) is 0 Å². The van der Waals surface area contributed by atoms with Crippen LogP contribution in [0.1, 0.15) is 48.5 Å². The Morgan fingerprint density at radius 1 is 1.08 bits per heavy atom. The van der Waals surface area contributed by atoms with E-state index in [1.165, 1.54) is 4.90 Å². The molecule has 0 aliphatic carbocycles. The monoisotopic (exact) mass is 518 g/mol. The van der Waals surface area contributed by atoms with Gasteiger partial charge in [0.25, 0.3) is 5.91 Å². The quantitative estimate of drug-likeness (QED) is 0.564. The first-order chi connectivity index (χ1) is 17.8. The Morgan fingerprint density at radius 2 is 1.81 bits per heavy atom. The van der Waals surface area contributed by atoms with Crippen molar-refractivity contribution in [3.8, 4) is 5.75 Å². The van der Waals surface area contributed by atoms with Gasteiger partial charge in [-0.25, -0.2) is 0 Å². The van der Waals surface area contributed by atoms with Crippen molar-refractivity contribution in [3.63, 3.8) is 0 Å². The van der Waals surface area contributed by atoms with Gasteiger partial charge in [-0.1, -0.05) is 25.5 Å². The molecule has 2 aromatic rings. The fraction of sp³-hybridized carbons (Fsp3) is 0.519. The maximum Gasteiger partial charge on any atom is 0.417 e. The molecule has 200 valence electrons. The van der Waals surface area contributed by atoms with Crippen LogP contribution in [0, 0.1) is 5.92 Å². The number of benzene rings is 1. The average Bonchev–Trinajstić information content (AvgIpc) is 2.92. The lowest BCUT2D eigenvalue weighted by Crippen LogP contribution is -2.56. The molecule has 2 fully saturated rings. The zero-order valence-corrected chi connectivity index (χ0v) is 21.2. The van der Waals surface area contributed by atoms with E-state index in [2.05, 4.69) is 9.88 Å². The van der Waals surface area contributed by atoms with Crippen LogP contribution in [0.5, 0.6) is 5.75 Å². The maximum atomic E-state index is 13.7. The molecule has 1 aromatic heterocycles. The number of piperidine rings is 1. The average molecular weight is 519 g/mol. The number of hydrogen-bond donors (Lipinski definition) is 0. The van der Waals surface area contributed by atoms with Crippen LogP contribution in [0.4, 0.5) is 18.9 Å². The number of ether oxygens (including phenoxy) is 1. The van der Waals surface area contributed by atoms with E-state index in [1.807, 2.05) is 36.1 Å². The Morgan fingerprint density at radius 3 is 2.49 bits per heavy atom. The highest BCUT2D eigenvalue weighted by Crippen LogP contribution is 2.35. The molecule has 1 aromatic carbocycles. The van der Waals surface area contributed by atoms with E-state index in [0.29, 0.717) is 58.4 Å². The molecule has 2 atom stereocenters. The first-order valence-electron chi connectivity index (χ1n) is 12.7. The lowest BCUT2D eigenvalue weighted by atomic mass is 9.84. The van der Waals surface area contributed by atoms with Crippen LogP contribution in [0.3, 0.4) is 0 Å². The summed E-state index contributed by atoms with van der Waals surface area (Å²) in [6.45, 7) is 4.62. The molecule has 0 saturated carbocycles. The third-order valence-electron chi connectivity index (χ3n) is 7.32. The fourth-order valence-corrected chi connectivity index (χ4v) is 5.51. The van der Waals surface area contributed by atoms with Crippen molar-refractivity contribution in [2.45, 2.75) is 44.8 Å². The van der Waals surface area contributed by atoms with Crippen molar-refractivity contribution < 1.29 is 27.5 Å². The molecule has 7 nitrogen and oxygen atoms in total. The lowest BCUT2D eigenvalue weighted by Gasteiger charge is -2.44. The normalized spacial score (nSPS) is 20.6. The number of nitrogens with zero attached hydrogens (tertiary/aromatic N) is 4. The smallest absolute Gasteiger partial charge is 0.417 e. The van der Waals surface area contributed by atoms with Crippen LogP contribution < -0.4 is 9.64 Å². The summed E-state index contributed by atoms with van der Waals surface area (Å²) >= 11 is 0. The van der Waals surface area contributed by atoms with E-state index >= 15 is 0 Å². The standard InChI is InChI=1S/C27H33F3N4O3/c1-3-7-22-19(8-6-13-34(22)26(36)20-18-31-12-11-21(20)27(28,29)30)25(35)33-16-14-32(15-17-33)23-9-4-5-10-24(23)37-2/h4-5,9-12,18-19,22H,3,6-8,13-17H2,1-2H3/t19-,22?/m1/s1. The molecule has 10 heteroatoms. The van der Waals surface area contributed by atoms with E-state index in [4.69, 9.17) is 4.74 Å². The highest BCUT2D eigenvalue weighted by molar-refractivity contribution is 5.96. The molecule has 2 aliphatic rings. The minimum absolute atomic E-state index is 0.0298. The number of likely N-dealkylation sites (tertiary alicyclic amines) is 1. The molecule has 4 rings (SSSR count). The maximum absolute atomic E-state index is 13.7. The van der Waals surface area contributed by atoms with Crippen LogP contribution in [0.2, 0.25) is 0 Å². The van der Waals surface area contributed by atoms with Gasteiger partial charge in [0, 0.05) is 51.2 Å². The molecule has 0 spiro atoms. The lowest BCUT2D eigenvalue weighted by molar-refractivity contribution is -0.140. The zero-order chi connectivity index (χ0) is 26.6. The second-order valence-electron chi connectivity index (χ2n) is 9.51. The van der Waals surface area contributed by atoms with Crippen LogP contribution in [-0.2, 0) is 11.0 Å². The number of methoxy groups -OCH3 is 1. The minimum Gasteiger partial charge on any atom is -0.495 e. The van der Waals surface area contributed by atoms with Crippen molar-refractivity contribution in [1.82, 2.24) is 14.8 Å². The largest absolute Gasteiger partial charge is 0.495 e. The van der Waals surface area contributed by atoms with E-state index in [0.717, 1.165) is 29.9 Å². The molecule has 1 unspecified atom stereocenters. The van der Waals surface area contributed by atoms with Gasteiger partial charge in [0.05, 0.1) is 29.8 Å². The number of para-hydroxylation sites is 2. The van der Waals surface area contributed by atoms with Gasteiger partial charge in [0.2, 0.25) is 5.91 Å². The van der Waals surface area contributed by atoms with Crippen molar-refractivity contribution in [1.29, 1.82) is 0 Å². The number of carbonyl (C=O) groups is 2. The second kappa shape index (κ2) is 11.4. The molecule has 2 amide bonds. The van der Waals surface area contributed by atoms with E-state index in [1.54, 1.807) is 7.11 Å². The molecule has 2 saturated heterocycles. The fourth-order valence-electron chi connectivity index (χ4n) is 5.51. The topological polar surface area (TPSA) is 66.0 Å². The Hall–Kier alpha value is -3.30. The SMILES string of the molecule is CCCC1[C@H](C(=O)N2CCN(c3ccccc3OC)CC2)CCCN1C(=O)c1cnccc1C(F)(F)F. The number of hydrogen-bond acceptors (Lipinski definition) is 5. The van der Waals surface area contributed by atoms with Gasteiger partial charge in [-0.3, -0.25) is 14.6 Å². The van der Waals surface area contributed by atoms with Crippen LogP contribution in [0.15, 0.2) is 42.7 Å². The molecule has 3 heterocycles. The number of amides is 2. The summed E-state index contributed by atoms with van der Waals surface area (Å²) in [6.07, 6.45) is -0.221. The minimum atomic E-state index is -4.67. The predicted octanol–water partition coefficient (Wildman–Crippen LogP) is 4.48. The zero-order valence-electron chi connectivity index (χ0n) is 21.2. The number of anilines is 1. The molecule has 0 radical (unpaired) electrons. The number of rotatable bonds is 6. The van der Waals surface area contributed by atoms with Crippen molar-refractivity contribution in [3.05, 3.63) is 53.9 Å². The summed E-state index contributed by atoms with van der Waals surface area (Å²) in [5.41, 5.74) is -0.481. The van der Waals surface area contributed by atoms with Gasteiger partial charge in [0.1, 0.15) is 5.75 Å². The Labute approximate surface area is 215 Å². The summed E-state index contributed by atoms with van der Waals surface area (Å²) in [5, 5.41) is 0. The first-order valence-corrected chi connectivity index (χ1v) is 12.7. The van der Waals surface area contributed by atoms with Crippen molar-refractivity contribution in [2.24, 2.45) is 5.92 Å². The second-order valence-corrected chi connectivity index (χ2v) is 9.51. The van der Waals surface area contributed by atoms with E-state index < -0.39 is 35.2 Å². The number of carbonyl (C=O) groups excluding carboxylic acids is 2. The van der Waals surface area contributed by atoms with E-state index in [9.17, 15) is 22.8 Å². The Kier molecular flexibility index (Phi) is 8.24. The highest BCUT2D eigenvalue weighted by Gasteiger charge is 2.43. The number of aromatic nitrogens is 1. The highest BCUT2D eigenvalue weighted by atomic mass is 19.4. The molecule has 2 aliphatic heterocycles. The van der Waals surface area contributed by atoms with Gasteiger partial charge in [-0.15, -0.1) is 0 Å². The molecular weight excluding hydrogens is 485 g/mol. The van der Waals surface area contributed by atoms with Crippen molar-refractivity contribution >= 4 is 17.5 Å². The van der Waals surface area contributed by atoms with Crippen LogP contribution in [-0.4, -0.2) is 72.5 Å². The first kappa shape index (κ1) is 26.8. The van der Waals surface area contributed by atoms with Crippen molar-refractivity contribution in [2.75, 3.05) is 44.7 Å². The summed E-state index contributed by atoms with van der Waals surface area (Å²) in [7, 11) is 1.63. The van der Waals surface area contributed by atoms with Gasteiger partial charge < -0.3 is 19.4 Å². The predicted molar refractivity (Wildman–Crippen MR) is 133 cm³/mol. The van der Waals surface area contributed by atoms with Crippen LogP contribution >= 0.6 is 0 Å². The summed E-state index contributed by atoms with van der Waals surface area (Å²) in [4.78, 5) is 36.4. The Balaban J connectivity index is 1.50. The summed E-state index contributed by atoms with van der Waals surface area (Å²) in [6, 6.07) is 8.14. The summed E-state index contributed by atoms with van der Waals surface area (Å²) in [5.74, 6) is -0.406. The van der Waals surface area contributed by atoms with Gasteiger partial charge >= 0.3 is 6.18 Å². The third-order valence-corrected chi connectivity index (χ3v) is 7.32. The number of alkyl halides is 3.